The molecule has 27 heavy (non-hydrogen) atoms. The van der Waals surface area contributed by atoms with Crippen LogP contribution >= 0.6 is 0 Å². The highest BCUT2D eigenvalue weighted by molar-refractivity contribution is 5.82. The van der Waals surface area contributed by atoms with Gasteiger partial charge in [-0.25, -0.2) is 4.79 Å². The molecule has 0 bridgehead atoms. The highest BCUT2D eigenvalue weighted by atomic mass is 16.5. The number of amides is 1. The van der Waals surface area contributed by atoms with Crippen molar-refractivity contribution in [3.8, 4) is 11.4 Å². The molecule has 0 spiro atoms. The van der Waals surface area contributed by atoms with E-state index in [4.69, 9.17) is 4.74 Å². The molecule has 1 aliphatic carbocycles. The lowest BCUT2D eigenvalue weighted by molar-refractivity contribution is 0.156. The Morgan fingerprint density at radius 1 is 0.926 bits per heavy atom. The van der Waals surface area contributed by atoms with Gasteiger partial charge in [0.2, 0.25) is 11.9 Å². The molecule has 7 heteroatoms. The van der Waals surface area contributed by atoms with Gasteiger partial charge < -0.3 is 10.1 Å². The first-order valence-electron chi connectivity index (χ1n) is 8.83. The molecular formula is C20H19N5O2. The molecule has 1 saturated carbocycles. The number of nitrogens with zero attached hydrogens (tertiary/aromatic N) is 3. The fraction of sp³-hybridized carbons (Fsp3) is 0.200. The Kier molecular flexibility index (Phi) is 4.91. The zero-order valence-electron chi connectivity index (χ0n) is 14.6. The van der Waals surface area contributed by atoms with E-state index in [1.807, 2.05) is 60.7 Å². The molecule has 3 aromatic rings. The lowest BCUT2D eigenvalue weighted by atomic mass is 10.2. The second-order valence-electron chi connectivity index (χ2n) is 6.33. The van der Waals surface area contributed by atoms with Crippen LogP contribution in [0.15, 0.2) is 60.7 Å². The number of anilines is 3. The molecule has 0 unspecified atom stereocenters. The van der Waals surface area contributed by atoms with Crippen LogP contribution in [0.3, 0.4) is 0 Å². The molecule has 1 aliphatic rings. The predicted molar refractivity (Wildman–Crippen MR) is 103 cm³/mol. The number of hydrogen-bond donors (Lipinski definition) is 2. The molecule has 1 heterocycles. The van der Waals surface area contributed by atoms with E-state index in [0.29, 0.717) is 24.3 Å². The summed E-state index contributed by atoms with van der Waals surface area (Å²) in [4.78, 5) is 25.1. The van der Waals surface area contributed by atoms with Gasteiger partial charge in [-0.3, -0.25) is 5.32 Å². The smallest absolute Gasteiger partial charge is 0.414 e. The highest BCUT2D eigenvalue weighted by Gasteiger charge is 2.23. The van der Waals surface area contributed by atoms with E-state index in [0.717, 1.165) is 24.1 Å². The second kappa shape index (κ2) is 7.82. The first-order valence-corrected chi connectivity index (χ1v) is 8.83. The molecule has 1 aromatic heterocycles. The van der Waals surface area contributed by atoms with E-state index >= 15 is 0 Å². The van der Waals surface area contributed by atoms with Crippen molar-refractivity contribution in [2.24, 2.45) is 5.92 Å². The fourth-order valence-corrected chi connectivity index (χ4v) is 2.46. The summed E-state index contributed by atoms with van der Waals surface area (Å²) >= 11 is 0. The summed E-state index contributed by atoms with van der Waals surface area (Å²) in [5, 5.41) is 5.73. The summed E-state index contributed by atoms with van der Waals surface area (Å²) in [6.07, 6.45) is 1.67. The number of benzene rings is 2. The van der Waals surface area contributed by atoms with Crippen molar-refractivity contribution in [3.63, 3.8) is 0 Å². The maximum Gasteiger partial charge on any atom is 0.414 e. The standard InChI is InChI=1S/C20H19N5O2/c26-20(27-13-14-11-12-14)25-19-23-17(15-7-3-1-4-8-15)22-18(24-19)21-16-9-5-2-6-10-16/h1-10,14H,11-13H2,(H2,21,22,23,24,25,26). The molecule has 1 fully saturated rings. The van der Waals surface area contributed by atoms with Gasteiger partial charge in [-0.2, -0.15) is 15.0 Å². The third-order valence-electron chi connectivity index (χ3n) is 4.06. The van der Waals surface area contributed by atoms with Crippen molar-refractivity contribution in [2.75, 3.05) is 17.2 Å². The summed E-state index contributed by atoms with van der Waals surface area (Å²) in [6, 6.07) is 19.1. The number of rotatable bonds is 6. The SMILES string of the molecule is O=C(Nc1nc(Nc2ccccc2)nc(-c2ccccc2)n1)OCC1CC1. The maximum absolute atomic E-state index is 12.0. The van der Waals surface area contributed by atoms with Gasteiger partial charge in [0.25, 0.3) is 0 Å². The Morgan fingerprint density at radius 3 is 2.30 bits per heavy atom. The molecule has 136 valence electrons. The van der Waals surface area contributed by atoms with Gasteiger partial charge in [-0.05, 0) is 30.9 Å². The van der Waals surface area contributed by atoms with Crippen molar-refractivity contribution in [1.29, 1.82) is 0 Å². The quantitative estimate of drug-likeness (QED) is 0.683. The van der Waals surface area contributed by atoms with Crippen LogP contribution in [0.25, 0.3) is 11.4 Å². The van der Waals surface area contributed by atoms with E-state index in [1.165, 1.54) is 0 Å². The van der Waals surface area contributed by atoms with Gasteiger partial charge in [0.15, 0.2) is 5.82 Å². The maximum atomic E-state index is 12.0. The zero-order valence-corrected chi connectivity index (χ0v) is 14.6. The Labute approximate surface area is 156 Å². The number of ether oxygens (including phenoxy) is 1. The number of carbonyl (C=O) groups is 1. The molecule has 7 nitrogen and oxygen atoms in total. The van der Waals surface area contributed by atoms with Gasteiger partial charge >= 0.3 is 6.09 Å². The predicted octanol–water partition coefficient (Wildman–Crippen LogP) is 4.24. The normalized spacial score (nSPS) is 13.0. The van der Waals surface area contributed by atoms with Gasteiger partial charge in [0.05, 0.1) is 6.61 Å². The molecule has 0 radical (unpaired) electrons. The Morgan fingerprint density at radius 2 is 1.59 bits per heavy atom. The Bertz CT molecular complexity index is 914. The average molecular weight is 361 g/mol. The van der Waals surface area contributed by atoms with E-state index in [9.17, 15) is 4.79 Å². The molecule has 4 rings (SSSR count). The van der Waals surface area contributed by atoms with Gasteiger partial charge in [0.1, 0.15) is 0 Å². The lowest BCUT2D eigenvalue weighted by Gasteiger charge is -2.10. The topological polar surface area (TPSA) is 89.0 Å². The van der Waals surface area contributed by atoms with E-state index < -0.39 is 6.09 Å². The van der Waals surface area contributed by atoms with Crippen LogP contribution in [0.2, 0.25) is 0 Å². The zero-order chi connectivity index (χ0) is 18.5. The van der Waals surface area contributed by atoms with Crippen molar-refractivity contribution in [2.45, 2.75) is 12.8 Å². The minimum absolute atomic E-state index is 0.142. The highest BCUT2D eigenvalue weighted by Crippen LogP contribution is 2.29. The first kappa shape index (κ1) is 17.0. The largest absolute Gasteiger partial charge is 0.449 e. The van der Waals surface area contributed by atoms with E-state index in [2.05, 4.69) is 25.6 Å². The molecule has 1 amide bonds. The van der Waals surface area contributed by atoms with Crippen molar-refractivity contribution < 1.29 is 9.53 Å². The van der Waals surface area contributed by atoms with E-state index in [-0.39, 0.29) is 5.95 Å². The summed E-state index contributed by atoms with van der Waals surface area (Å²) < 4.78 is 5.20. The minimum Gasteiger partial charge on any atom is -0.449 e. The monoisotopic (exact) mass is 361 g/mol. The molecule has 0 atom stereocenters. The number of aromatic nitrogens is 3. The van der Waals surface area contributed by atoms with Crippen LogP contribution in [0.4, 0.5) is 22.4 Å². The average Bonchev–Trinajstić information content (AvgIpc) is 3.52. The Hall–Kier alpha value is -3.48. The molecule has 2 aromatic carbocycles. The second-order valence-corrected chi connectivity index (χ2v) is 6.33. The Balaban J connectivity index is 1.58. The van der Waals surface area contributed by atoms with Crippen LogP contribution in [-0.4, -0.2) is 27.7 Å². The van der Waals surface area contributed by atoms with Crippen LogP contribution in [-0.2, 0) is 4.74 Å². The molecule has 0 aliphatic heterocycles. The lowest BCUT2D eigenvalue weighted by Crippen LogP contribution is -2.18. The summed E-state index contributed by atoms with van der Waals surface area (Å²) in [5.74, 6) is 1.43. The number of carbonyl (C=O) groups excluding carboxylic acids is 1. The van der Waals surface area contributed by atoms with Gasteiger partial charge in [0, 0.05) is 11.3 Å². The van der Waals surface area contributed by atoms with Crippen molar-refractivity contribution in [1.82, 2.24) is 15.0 Å². The first-order chi connectivity index (χ1) is 13.3. The van der Waals surface area contributed by atoms with Gasteiger partial charge in [-0.1, -0.05) is 48.5 Å². The fourth-order valence-electron chi connectivity index (χ4n) is 2.46. The third kappa shape index (κ3) is 4.78. The number of hydrogen-bond acceptors (Lipinski definition) is 6. The number of nitrogens with one attached hydrogen (secondary N) is 2. The van der Waals surface area contributed by atoms with Crippen LogP contribution < -0.4 is 10.6 Å². The van der Waals surface area contributed by atoms with Crippen LogP contribution in [0, 0.1) is 5.92 Å². The molecular weight excluding hydrogens is 342 g/mol. The minimum atomic E-state index is -0.558. The van der Waals surface area contributed by atoms with Crippen LogP contribution in [0.5, 0.6) is 0 Å². The summed E-state index contributed by atoms with van der Waals surface area (Å²) in [5.41, 5.74) is 1.66. The van der Waals surface area contributed by atoms with E-state index in [1.54, 1.807) is 0 Å². The van der Waals surface area contributed by atoms with Gasteiger partial charge in [-0.15, -0.1) is 0 Å². The molecule has 2 N–H and O–H groups in total. The third-order valence-corrected chi connectivity index (χ3v) is 4.06. The summed E-state index contributed by atoms with van der Waals surface area (Å²) in [6.45, 7) is 0.428. The number of para-hydroxylation sites is 1. The van der Waals surface area contributed by atoms with Crippen molar-refractivity contribution >= 4 is 23.7 Å². The summed E-state index contributed by atoms with van der Waals surface area (Å²) in [7, 11) is 0. The van der Waals surface area contributed by atoms with Crippen molar-refractivity contribution in [3.05, 3.63) is 60.7 Å². The van der Waals surface area contributed by atoms with Crippen LogP contribution in [0.1, 0.15) is 12.8 Å². The molecule has 0 saturated heterocycles.